The van der Waals surface area contributed by atoms with Crippen LogP contribution in [-0.4, -0.2) is 43.2 Å². The predicted octanol–water partition coefficient (Wildman–Crippen LogP) is 4.76. The maximum absolute atomic E-state index is 13.5. The van der Waals surface area contributed by atoms with Crippen LogP contribution in [0, 0.1) is 0 Å². The van der Waals surface area contributed by atoms with Gasteiger partial charge in [-0.05, 0) is 30.5 Å². The summed E-state index contributed by atoms with van der Waals surface area (Å²) in [5.41, 5.74) is 0.135. The molecule has 2 aromatic carbocycles. The number of para-hydroxylation sites is 1. The average Bonchev–Trinajstić information content (AvgIpc) is 2.72. The van der Waals surface area contributed by atoms with Gasteiger partial charge in [0.25, 0.3) is 0 Å². The van der Waals surface area contributed by atoms with Crippen molar-refractivity contribution >= 4 is 17.2 Å². The maximum Gasteiger partial charge on any atom is 0.417 e. The number of hydrogen-bond acceptors (Lipinski definition) is 2. The summed E-state index contributed by atoms with van der Waals surface area (Å²) in [5, 5.41) is 0. The van der Waals surface area contributed by atoms with E-state index in [0.29, 0.717) is 6.54 Å². The molecule has 0 saturated carbocycles. The number of anilines is 1. The van der Waals surface area contributed by atoms with E-state index in [9.17, 15) is 18.0 Å². The first kappa shape index (κ1) is 20.0. The topological polar surface area (TPSA) is 23.6 Å². The summed E-state index contributed by atoms with van der Waals surface area (Å²) >= 11 is 0. The number of amides is 1. The Morgan fingerprint density at radius 3 is 2.29 bits per heavy atom. The smallest absolute Gasteiger partial charge is 0.369 e. The third kappa shape index (κ3) is 4.74. The fraction of sp³-hybridized carbons (Fsp3) is 0.318. The summed E-state index contributed by atoms with van der Waals surface area (Å²) in [6, 6.07) is 17.1. The van der Waals surface area contributed by atoms with Crippen molar-refractivity contribution < 1.29 is 18.0 Å². The molecular formula is C22H23F3N2O. The van der Waals surface area contributed by atoms with E-state index < -0.39 is 17.7 Å². The second kappa shape index (κ2) is 8.50. The first-order valence-electron chi connectivity index (χ1n) is 9.27. The Balaban J connectivity index is 1.78. The number of carbonyl (C=O) groups is 1. The second-order valence-electron chi connectivity index (χ2n) is 6.95. The minimum atomic E-state index is -4.60. The number of allylic oxidation sites excluding steroid dienone is 1. The molecule has 0 bridgehead atoms. The van der Waals surface area contributed by atoms with E-state index in [1.165, 1.54) is 29.2 Å². The number of halogens is 3. The molecule has 1 atom stereocenters. The number of alkyl halides is 3. The molecule has 1 amide bonds. The summed E-state index contributed by atoms with van der Waals surface area (Å²) in [4.78, 5) is 16.3. The lowest BCUT2D eigenvalue weighted by Gasteiger charge is -2.38. The van der Waals surface area contributed by atoms with E-state index in [2.05, 4.69) is 4.90 Å². The molecule has 6 heteroatoms. The lowest BCUT2D eigenvalue weighted by molar-refractivity contribution is -0.127. The summed E-state index contributed by atoms with van der Waals surface area (Å²) in [6.45, 7) is 1.48. The SMILES string of the molecule is CN(C(=O)/C=C(\c1ccccc1)C(F)(F)F)[C@@H]1CCCN(c2ccccc2)C1. The minimum Gasteiger partial charge on any atom is -0.369 e. The number of hydrogen-bond donors (Lipinski definition) is 0. The van der Waals surface area contributed by atoms with Crippen LogP contribution >= 0.6 is 0 Å². The van der Waals surface area contributed by atoms with Crippen molar-refractivity contribution in [1.82, 2.24) is 4.90 Å². The van der Waals surface area contributed by atoms with Crippen LogP contribution in [0.4, 0.5) is 18.9 Å². The molecule has 1 aliphatic rings. The van der Waals surface area contributed by atoms with E-state index in [4.69, 9.17) is 0 Å². The monoisotopic (exact) mass is 388 g/mol. The van der Waals surface area contributed by atoms with Crippen LogP contribution < -0.4 is 4.90 Å². The Labute approximate surface area is 163 Å². The Morgan fingerprint density at radius 2 is 1.68 bits per heavy atom. The van der Waals surface area contributed by atoms with Gasteiger partial charge in [-0.25, -0.2) is 0 Å². The van der Waals surface area contributed by atoms with E-state index in [1.807, 2.05) is 30.3 Å². The predicted molar refractivity (Wildman–Crippen MR) is 105 cm³/mol. The number of benzene rings is 2. The fourth-order valence-corrected chi connectivity index (χ4v) is 3.50. The number of rotatable bonds is 4. The molecule has 0 aromatic heterocycles. The number of nitrogens with zero attached hydrogens (tertiary/aromatic N) is 2. The van der Waals surface area contributed by atoms with Crippen molar-refractivity contribution in [2.45, 2.75) is 25.1 Å². The van der Waals surface area contributed by atoms with Crippen molar-refractivity contribution in [3.05, 3.63) is 72.3 Å². The van der Waals surface area contributed by atoms with Gasteiger partial charge in [-0.2, -0.15) is 13.2 Å². The van der Waals surface area contributed by atoms with Gasteiger partial charge in [-0.3, -0.25) is 4.79 Å². The second-order valence-corrected chi connectivity index (χ2v) is 6.95. The van der Waals surface area contributed by atoms with Gasteiger partial charge in [0.15, 0.2) is 0 Å². The quantitative estimate of drug-likeness (QED) is 0.705. The molecule has 1 fully saturated rings. The highest BCUT2D eigenvalue weighted by molar-refractivity contribution is 5.96. The summed E-state index contributed by atoms with van der Waals surface area (Å²) in [6.07, 6.45) is -2.23. The van der Waals surface area contributed by atoms with Gasteiger partial charge >= 0.3 is 6.18 Å². The zero-order valence-electron chi connectivity index (χ0n) is 15.7. The Kier molecular flexibility index (Phi) is 6.07. The average molecular weight is 388 g/mol. The van der Waals surface area contributed by atoms with Gasteiger partial charge in [0, 0.05) is 37.9 Å². The van der Waals surface area contributed by atoms with E-state index in [1.54, 1.807) is 13.1 Å². The van der Waals surface area contributed by atoms with Crippen molar-refractivity contribution in [1.29, 1.82) is 0 Å². The molecule has 0 aliphatic carbocycles. The van der Waals surface area contributed by atoms with Crippen LogP contribution in [0.5, 0.6) is 0 Å². The molecule has 148 valence electrons. The largest absolute Gasteiger partial charge is 0.417 e. The maximum atomic E-state index is 13.5. The van der Waals surface area contributed by atoms with Crippen molar-refractivity contribution in [2.24, 2.45) is 0 Å². The molecule has 0 N–H and O–H groups in total. The van der Waals surface area contributed by atoms with E-state index in [0.717, 1.165) is 31.1 Å². The third-order valence-corrected chi connectivity index (χ3v) is 5.07. The van der Waals surface area contributed by atoms with Gasteiger partial charge in [-0.15, -0.1) is 0 Å². The Hall–Kier alpha value is -2.76. The van der Waals surface area contributed by atoms with Gasteiger partial charge in [0.1, 0.15) is 0 Å². The first-order valence-corrected chi connectivity index (χ1v) is 9.27. The van der Waals surface area contributed by atoms with Gasteiger partial charge < -0.3 is 9.80 Å². The highest BCUT2D eigenvalue weighted by Crippen LogP contribution is 2.34. The molecule has 3 nitrogen and oxygen atoms in total. The van der Waals surface area contributed by atoms with E-state index >= 15 is 0 Å². The third-order valence-electron chi connectivity index (χ3n) is 5.07. The molecular weight excluding hydrogens is 365 g/mol. The molecule has 2 aromatic rings. The standard InChI is InChI=1S/C22H23F3N2O/c1-26(19-13-8-14-27(16-19)18-11-6-3-7-12-18)21(28)15-20(22(23,24)25)17-9-4-2-5-10-17/h2-7,9-12,15,19H,8,13-14,16H2,1H3/b20-15+/t19-/m1/s1. The normalized spacial score (nSPS) is 18.1. The molecule has 1 aliphatic heterocycles. The molecule has 0 radical (unpaired) electrons. The zero-order chi connectivity index (χ0) is 20.1. The highest BCUT2D eigenvalue weighted by atomic mass is 19.4. The fourth-order valence-electron chi connectivity index (χ4n) is 3.50. The first-order chi connectivity index (χ1) is 13.4. The van der Waals surface area contributed by atoms with Crippen molar-refractivity contribution in [2.75, 3.05) is 25.0 Å². The molecule has 1 heterocycles. The molecule has 1 saturated heterocycles. The summed E-state index contributed by atoms with van der Waals surface area (Å²) in [7, 11) is 1.58. The van der Waals surface area contributed by atoms with Gasteiger partial charge in [0.05, 0.1) is 5.57 Å². The van der Waals surface area contributed by atoms with Crippen LogP contribution in [0.3, 0.4) is 0 Å². The summed E-state index contributed by atoms with van der Waals surface area (Å²) < 4.78 is 40.5. The van der Waals surface area contributed by atoms with Crippen molar-refractivity contribution in [3.8, 4) is 0 Å². The van der Waals surface area contributed by atoms with Gasteiger partial charge in [-0.1, -0.05) is 48.5 Å². The van der Waals surface area contributed by atoms with Crippen LogP contribution in [-0.2, 0) is 4.79 Å². The zero-order valence-corrected chi connectivity index (χ0v) is 15.7. The number of piperidine rings is 1. The molecule has 28 heavy (non-hydrogen) atoms. The molecule has 3 rings (SSSR count). The lowest BCUT2D eigenvalue weighted by atomic mass is 10.0. The molecule has 0 unspecified atom stereocenters. The van der Waals surface area contributed by atoms with E-state index in [-0.39, 0.29) is 11.6 Å². The van der Waals surface area contributed by atoms with Crippen LogP contribution in [0.1, 0.15) is 18.4 Å². The Bertz CT molecular complexity index is 819. The van der Waals surface area contributed by atoms with Crippen LogP contribution in [0.2, 0.25) is 0 Å². The summed E-state index contributed by atoms with van der Waals surface area (Å²) in [5.74, 6) is -0.629. The molecule has 0 spiro atoms. The van der Waals surface area contributed by atoms with Crippen molar-refractivity contribution in [3.63, 3.8) is 0 Å². The number of carbonyl (C=O) groups excluding carboxylic acids is 1. The number of likely N-dealkylation sites (N-methyl/N-ethyl adjacent to an activating group) is 1. The minimum absolute atomic E-state index is 0.00805. The lowest BCUT2D eigenvalue weighted by Crippen LogP contribution is -2.48. The van der Waals surface area contributed by atoms with Crippen LogP contribution in [0.25, 0.3) is 5.57 Å². The van der Waals surface area contributed by atoms with Crippen LogP contribution in [0.15, 0.2) is 66.7 Å². The highest BCUT2D eigenvalue weighted by Gasteiger charge is 2.36. The Morgan fingerprint density at radius 1 is 1.07 bits per heavy atom. The van der Waals surface area contributed by atoms with Gasteiger partial charge in [0.2, 0.25) is 5.91 Å².